The zero-order valence-electron chi connectivity index (χ0n) is 19.2. The highest BCUT2D eigenvalue weighted by Gasteiger charge is 2.26. The van der Waals surface area contributed by atoms with Gasteiger partial charge in [-0.25, -0.2) is 0 Å². The predicted octanol–water partition coefficient (Wildman–Crippen LogP) is 2.20. The molecule has 7 heteroatoms. The molecule has 2 aliphatic carbocycles. The number of carboxylic acids is 1. The summed E-state index contributed by atoms with van der Waals surface area (Å²) in [5, 5.41) is 15.5. The van der Waals surface area contributed by atoms with Gasteiger partial charge in [0.25, 0.3) is 0 Å². The highest BCUT2D eigenvalue weighted by Crippen LogP contribution is 2.28. The predicted molar refractivity (Wildman–Crippen MR) is 123 cm³/mol. The summed E-state index contributed by atoms with van der Waals surface area (Å²) in [7, 11) is 0. The Labute approximate surface area is 187 Å². The number of likely N-dealkylation sites (tertiary alicyclic amines) is 1. The molecule has 3 aliphatic rings. The molecule has 0 spiro atoms. The summed E-state index contributed by atoms with van der Waals surface area (Å²) in [5.74, 6) is 1.05. The molecule has 3 fully saturated rings. The van der Waals surface area contributed by atoms with Crippen LogP contribution in [0.5, 0.6) is 0 Å². The van der Waals surface area contributed by atoms with Crippen molar-refractivity contribution >= 4 is 11.9 Å². The van der Waals surface area contributed by atoms with Crippen molar-refractivity contribution in [2.24, 2.45) is 29.4 Å². The van der Waals surface area contributed by atoms with Crippen LogP contribution in [0, 0.1) is 23.7 Å². The van der Waals surface area contributed by atoms with Gasteiger partial charge < -0.3 is 26.4 Å². The van der Waals surface area contributed by atoms with E-state index in [-0.39, 0.29) is 11.8 Å². The Morgan fingerprint density at radius 1 is 0.871 bits per heavy atom. The van der Waals surface area contributed by atoms with Gasteiger partial charge in [0.05, 0.1) is 12.0 Å². The lowest BCUT2D eigenvalue weighted by atomic mass is 9.82. The summed E-state index contributed by atoms with van der Waals surface area (Å²) >= 11 is 0. The maximum atomic E-state index is 12.4. The van der Waals surface area contributed by atoms with Crippen molar-refractivity contribution in [3.05, 3.63) is 0 Å². The Morgan fingerprint density at radius 3 is 2.16 bits per heavy atom. The Kier molecular flexibility index (Phi) is 10.1. The number of carbonyl (C=O) groups excluding carboxylic acids is 1. The van der Waals surface area contributed by atoms with E-state index in [0.717, 1.165) is 57.8 Å². The second-order valence-corrected chi connectivity index (χ2v) is 10.3. The second kappa shape index (κ2) is 12.8. The molecule has 1 heterocycles. The van der Waals surface area contributed by atoms with Crippen molar-refractivity contribution in [3.63, 3.8) is 0 Å². The number of nitrogens with two attached hydrogens (primary N) is 1. The van der Waals surface area contributed by atoms with E-state index < -0.39 is 12.0 Å². The number of piperidine rings is 1. The van der Waals surface area contributed by atoms with Crippen LogP contribution in [-0.2, 0) is 9.59 Å². The Bertz CT molecular complexity index is 551. The minimum atomic E-state index is -0.667. The third kappa shape index (κ3) is 8.35. The van der Waals surface area contributed by atoms with Crippen LogP contribution in [0.4, 0.5) is 0 Å². The maximum absolute atomic E-state index is 12.4. The summed E-state index contributed by atoms with van der Waals surface area (Å²) in [5.41, 5.74) is 6.08. The first kappa shape index (κ1) is 24.5. The van der Waals surface area contributed by atoms with Gasteiger partial charge in [-0.15, -0.1) is 0 Å². The third-order valence-electron chi connectivity index (χ3n) is 7.84. The van der Waals surface area contributed by atoms with E-state index in [1.54, 1.807) is 0 Å². The van der Waals surface area contributed by atoms with Crippen LogP contribution in [0.15, 0.2) is 0 Å². The van der Waals surface area contributed by atoms with Gasteiger partial charge in [-0.2, -0.15) is 0 Å². The first-order valence-corrected chi connectivity index (χ1v) is 12.7. The van der Waals surface area contributed by atoms with Gasteiger partial charge in [0.15, 0.2) is 0 Å². The largest absolute Gasteiger partial charge is 0.481 e. The number of hydrogen-bond acceptors (Lipinski definition) is 5. The van der Waals surface area contributed by atoms with E-state index in [1.165, 1.54) is 51.5 Å². The fourth-order valence-electron chi connectivity index (χ4n) is 5.63. The van der Waals surface area contributed by atoms with Crippen LogP contribution < -0.4 is 16.4 Å². The SMILES string of the molecule is NC(CNCC1CCC(C(=O)O)CC1)C(=O)NCC1CCN(CC2CCCCC2)CC1. The molecular formula is C24H44N4O3. The molecule has 31 heavy (non-hydrogen) atoms. The van der Waals surface area contributed by atoms with E-state index in [1.807, 2.05) is 0 Å². The van der Waals surface area contributed by atoms with E-state index in [0.29, 0.717) is 18.4 Å². The molecular weight excluding hydrogens is 392 g/mol. The van der Waals surface area contributed by atoms with Crippen molar-refractivity contribution in [2.75, 3.05) is 39.3 Å². The molecule has 1 saturated heterocycles. The van der Waals surface area contributed by atoms with Crippen molar-refractivity contribution in [1.29, 1.82) is 0 Å². The summed E-state index contributed by atoms with van der Waals surface area (Å²) in [6, 6.07) is -0.526. The summed E-state index contributed by atoms with van der Waals surface area (Å²) in [6.45, 7) is 5.62. The van der Waals surface area contributed by atoms with Gasteiger partial charge in [0, 0.05) is 19.6 Å². The molecule has 178 valence electrons. The van der Waals surface area contributed by atoms with Gasteiger partial charge in [-0.05, 0) is 88.8 Å². The lowest BCUT2D eigenvalue weighted by Gasteiger charge is -2.35. The number of nitrogens with zero attached hydrogens (tertiary/aromatic N) is 1. The zero-order valence-corrected chi connectivity index (χ0v) is 19.2. The minimum Gasteiger partial charge on any atom is -0.481 e. The molecule has 1 atom stereocenters. The van der Waals surface area contributed by atoms with Crippen LogP contribution >= 0.6 is 0 Å². The number of hydrogen-bond donors (Lipinski definition) is 4. The van der Waals surface area contributed by atoms with Gasteiger partial charge >= 0.3 is 5.97 Å². The third-order valence-corrected chi connectivity index (χ3v) is 7.84. The van der Waals surface area contributed by atoms with Crippen LogP contribution in [0.1, 0.15) is 70.6 Å². The van der Waals surface area contributed by atoms with Crippen molar-refractivity contribution in [1.82, 2.24) is 15.5 Å². The van der Waals surface area contributed by atoms with Crippen molar-refractivity contribution in [3.8, 4) is 0 Å². The fraction of sp³-hybridized carbons (Fsp3) is 0.917. The molecule has 1 aliphatic heterocycles. The Balaban J connectivity index is 1.22. The average molecular weight is 437 g/mol. The Hall–Kier alpha value is -1.18. The van der Waals surface area contributed by atoms with Crippen LogP contribution in [0.3, 0.4) is 0 Å². The summed E-state index contributed by atoms with van der Waals surface area (Å²) in [6.07, 6.45) is 12.8. The lowest BCUT2D eigenvalue weighted by molar-refractivity contribution is -0.143. The van der Waals surface area contributed by atoms with Gasteiger partial charge in [-0.1, -0.05) is 19.3 Å². The van der Waals surface area contributed by atoms with Crippen LogP contribution in [-0.4, -0.2) is 67.2 Å². The molecule has 0 radical (unpaired) electrons. The molecule has 0 bridgehead atoms. The topological polar surface area (TPSA) is 108 Å². The molecule has 0 aromatic carbocycles. The standard InChI is InChI=1S/C24H44N4O3/c25-22(16-26-14-18-6-8-21(9-7-18)24(30)31)23(29)27-15-19-10-12-28(13-11-19)17-20-4-2-1-3-5-20/h18-22,26H,1-17,25H2,(H,27,29)(H,30,31). The normalized spacial score (nSPS) is 27.6. The van der Waals surface area contributed by atoms with Crippen LogP contribution in [0.2, 0.25) is 0 Å². The van der Waals surface area contributed by atoms with E-state index in [9.17, 15) is 9.59 Å². The molecule has 1 unspecified atom stereocenters. The van der Waals surface area contributed by atoms with Crippen molar-refractivity contribution < 1.29 is 14.7 Å². The Morgan fingerprint density at radius 2 is 1.52 bits per heavy atom. The molecule has 3 rings (SSSR count). The fourth-order valence-corrected chi connectivity index (χ4v) is 5.63. The smallest absolute Gasteiger partial charge is 0.306 e. The van der Waals surface area contributed by atoms with Gasteiger partial charge in [-0.3, -0.25) is 9.59 Å². The first-order chi connectivity index (χ1) is 15.0. The highest BCUT2D eigenvalue weighted by atomic mass is 16.4. The highest BCUT2D eigenvalue weighted by molar-refractivity contribution is 5.81. The minimum absolute atomic E-state index is 0.0632. The number of amides is 1. The summed E-state index contributed by atoms with van der Waals surface area (Å²) < 4.78 is 0. The number of nitrogens with one attached hydrogen (secondary N) is 2. The number of rotatable bonds is 10. The van der Waals surface area contributed by atoms with Gasteiger partial charge in [0.2, 0.25) is 5.91 Å². The monoisotopic (exact) mass is 436 g/mol. The number of aliphatic carboxylic acids is 1. The summed E-state index contributed by atoms with van der Waals surface area (Å²) in [4.78, 5) is 26.0. The second-order valence-electron chi connectivity index (χ2n) is 10.3. The average Bonchev–Trinajstić information content (AvgIpc) is 2.79. The van der Waals surface area contributed by atoms with E-state index in [2.05, 4.69) is 15.5 Å². The van der Waals surface area contributed by atoms with Gasteiger partial charge in [0.1, 0.15) is 0 Å². The molecule has 1 amide bonds. The molecule has 5 N–H and O–H groups in total. The maximum Gasteiger partial charge on any atom is 0.306 e. The number of carboxylic acid groups (broad SMARTS) is 1. The molecule has 2 saturated carbocycles. The zero-order chi connectivity index (χ0) is 22.1. The van der Waals surface area contributed by atoms with Crippen LogP contribution in [0.25, 0.3) is 0 Å². The van der Waals surface area contributed by atoms with E-state index >= 15 is 0 Å². The first-order valence-electron chi connectivity index (χ1n) is 12.7. The molecule has 0 aromatic heterocycles. The number of carbonyl (C=O) groups is 2. The van der Waals surface area contributed by atoms with Crippen molar-refractivity contribution in [2.45, 2.75) is 76.7 Å². The molecule has 0 aromatic rings. The lowest BCUT2D eigenvalue weighted by Crippen LogP contribution is -2.49. The van der Waals surface area contributed by atoms with E-state index in [4.69, 9.17) is 10.8 Å². The molecule has 7 nitrogen and oxygen atoms in total. The quantitative estimate of drug-likeness (QED) is 0.418.